The predicted molar refractivity (Wildman–Crippen MR) is 110 cm³/mol. The minimum Gasteiger partial charge on any atom is -0.460 e. The summed E-state index contributed by atoms with van der Waals surface area (Å²) in [4.78, 5) is 16.7. The Bertz CT molecular complexity index is 748. The van der Waals surface area contributed by atoms with Gasteiger partial charge in [-0.2, -0.15) is 4.98 Å². The van der Waals surface area contributed by atoms with Gasteiger partial charge in [-0.15, -0.1) is 0 Å². The van der Waals surface area contributed by atoms with Gasteiger partial charge in [0.1, 0.15) is 5.60 Å². The maximum absolute atomic E-state index is 12.4. The van der Waals surface area contributed by atoms with Crippen molar-refractivity contribution in [3.05, 3.63) is 11.7 Å². The first kappa shape index (κ1) is 23.8. The average Bonchev–Trinajstić information content (AvgIpc) is 3.07. The molecule has 0 spiro atoms. The summed E-state index contributed by atoms with van der Waals surface area (Å²) in [5.41, 5.74) is -0.552. The fraction of sp³-hybridized carbons (Fsp3) is 0.850. The first-order chi connectivity index (χ1) is 13.5. The molecular weight excluding hydrogens is 394 g/mol. The molecule has 0 saturated heterocycles. The third-order valence-corrected chi connectivity index (χ3v) is 5.72. The van der Waals surface area contributed by atoms with E-state index < -0.39 is 15.6 Å². The van der Waals surface area contributed by atoms with Gasteiger partial charge in [-0.3, -0.25) is 4.79 Å². The van der Waals surface area contributed by atoms with E-state index in [-0.39, 0.29) is 30.7 Å². The standard InChI is InChI=1S/C20H35N3O5S/c1-20(2,3)27-18(24)13-16(12-8-11-15-9-6-5-7-10-15)19-22-17(23-28-19)14-21-29(4,25)26/h15-16,21H,5-14H2,1-4H3/t16-/m1/s1. The van der Waals surface area contributed by atoms with Gasteiger partial charge in [-0.05, 0) is 33.1 Å². The SMILES string of the molecule is CC(C)(C)OC(=O)C[C@@H](CCCC1CCCCC1)c1nc(CNS(C)(=O)=O)no1. The zero-order chi connectivity index (χ0) is 21.5. The molecular formula is C20H35N3O5S. The number of nitrogens with one attached hydrogen (secondary N) is 1. The molecule has 0 amide bonds. The van der Waals surface area contributed by atoms with E-state index in [1.54, 1.807) is 0 Å². The number of sulfonamides is 1. The Morgan fingerprint density at radius 2 is 1.97 bits per heavy atom. The Hall–Kier alpha value is -1.48. The van der Waals surface area contributed by atoms with Crippen LogP contribution in [0.2, 0.25) is 0 Å². The van der Waals surface area contributed by atoms with Gasteiger partial charge in [-0.25, -0.2) is 13.1 Å². The lowest BCUT2D eigenvalue weighted by atomic mass is 9.84. The van der Waals surface area contributed by atoms with Crippen LogP contribution in [0.3, 0.4) is 0 Å². The number of nitrogens with zero attached hydrogens (tertiary/aromatic N) is 2. The van der Waals surface area contributed by atoms with Crippen LogP contribution in [0.25, 0.3) is 0 Å². The molecule has 1 aromatic rings. The first-order valence-corrected chi connectivity index (χ1v) is 12.4. The third kappa shape index (κ3) is 9.71. The quantitative estimate of drug-likeness (QED) is 0.565. The maximum atomic E-state index is 12.4. The molecule has 9 heteroatoms. The highest BCUT2D eigenvalue weighted by atomic mass is 32.2. The summed E-state index contributed by atoms with van der Waals surface area (Å²) in [6.45, 7) is 5.48. The molecule has 166 valence electrons. The Kier molecular flexibility index (Phi) is 8.63. The number of hydrogen-bond donors (Lipinski definition) is 1. The van der Waals surface area contributed by atoms with Crippen LogP contribution in [0, 0.1) is 5.92 Å². The lowest BCUT2D eigenvalue weighted by Crippen LogP contribution is -2.25. The van der Waals surface area contributed by atoms with Crippen molar-refractivity contribution >= 4 is 16.0 Å². The van der Waals surface area contributed by atoms with Crippen molar-refractivity contribution in [2.24, 2.45) is 5.92 Å². The summed E-state index contributed by atoms with van der Waals surface area (Å²) < 4.78 is 35.7. The fourth-order valence-electron chi connectivity index (χ4n) is 3.73. The van der Waals surface area contributed by atoms with Crippen molar-refractivity contribution in [2.45, 2.75) is 96.6 Å². The lowest BCUT2D eigenvalue weighted by molar-refractivity contribution is -0.155. The molecule has 1 atom stereocenters. The van der Waals surface area contributed by atoms with Crippen molar-refractivity contribution in [3.8, 4) is 0 Å². The fourth-order valence-corrected chi connectivity index (χ4v) is 4.12. The zero-order valence-corrected chi connectivity index (χ0v) is 18.9. The second kappa shape index (κ2) is 10.5. The average molecular weight is 430 g/mol. The highest BCUT2D eigenvalue weighted by Gasteiger charge is 2.26. The van der Waals surface area contributed by atoms with Crippen LogP contribution in [-0.2, 0) is 26.1 Å². The van der Waals surface area contributed by atoms with Gasteiger partial charge in [0.15, 0.2) is 5.82 Å². The molecule has 0 unspecified atom stereocenters. The zero-order valence-electron chi connectivity index (χ0n) is 18.1. The number of carbonyl (C=O) groups is 1. The Morgan fingerprint density at radius 3 is 2.59 bits per heavy atom. The van der Waals surface area contributed by atoms with Crippen molar-refractivity contribution in [3.63, 3.8) is 0 Å². The number of carbonyl (C=O) groups excluding carboxylic acids is 1. The van der Waals surface area contributed by atoms with Crippen molar-refractivity contribution in [2.75, 3.05) is 6.26 Å². The Labute approximate surface area is 174 Å². The number of rotatable bonds is 10. The minimum atomic E-state index is -3.35. The number of ether oxygens (including phenoxy) is 1. The molecule has 2 rings (SSSR count). The molecule has 0 radical (unpaired) electrons. The molecule has 0 aromatic carbocycles. The lowest BCUT2D eigenvalue weighted by Gasteiger charge is -2.23. The van der Waals surface area contributed by atoms with Crippen LogP contribution in [0.15, 0.2) is 4.52 Å². The van der Waals surface area contributed by atoms with Crippen LogP contribution in [0.4, 0.5) is 0 Å². The second-order valence-electron chi connectivity index (χ2n) is 9.06. The molecule has 1 fully saturated rings. The first-order valence-electron chi connectivity index (χ1n) is 10.5. The predicted octanol–water partition coefficient (Wildman–Crippen LogP) is 3.68. The number of aromatic nitrogens is 2. The van der Waals surface area contributed by atoms with Crippen LogP contribution in [-0.4, -0.2) is 36.4 Å². The highest BCUT2D eigenvalue weighted by molar-refractivity contribution is 7.88. The summed E-state index contributed by atoms with van der Waals surface area (Å²) in [5.74, 6) is 0.863. The minimum absolute atomic E-state index is 0.0381. The Balaban J connectivity index is 1.99. The molecule has 1 N–H and O–H groups in total. The van der Waals surface area contributed by atoms with E-state index in [0.717, 1.165) is 31.4 Å². The molecule has 0 aliphatic heterocycles. The summed E-state index contributed by atoms with van der Waals surface area (Å²) in [6.07, 6.45) is 10.7. The van der Waals surface area contributed by atoms with Gasteiger partial charge < -0.3 is 9.26 Å². The van der Waals surface area contributed by atoms with E-state index in [0.29, 0.717) is 5.89 Å². The van der Waals surface area contributed by atoms with E-state index in [2.05, 4.69) is 14.9 Å². The van der Waals surface area contributed by atoms with E-state index in [4.69, 9.17) is 9.26 Å². The molecule has 1 saturated carbocycles. The molecule has 0 bridgehead atoms. The summed E-state index contributed by atoms with van der Waals surface area (Å²) >= 11 is 0. The summed E-state index contributed by atoms with van der Waals surface area (Å²) in [5, 5.41) is 3.85. The van der Waals surface area contributed by atoms with Crippen molar-refractivity contribution in [1.82, 2.24) is 14.9 Å². The van der Waals surface area contributed by atoms with Crippen LogP contribution in [0.5, 0.6) is 0 Å². The van der Waals surface area contributed by atoms with E-state index >= 15 is 0 Å². The molecule has 1 aliphatic carbocycles. The van der Waals surface area contributed by atoms with E-state index in [9.17, 15) is 13.2 Å². The highest BCUT2D eigenvalue weighted by Crippen LogP contribution is 2.31. The van der Waals surface area contributed by atoms with Crippen molar-refractivity contribution < 1.29 is 22.5 Å². The Morgan fingerprint density at radius 1 is 1.28 bits per heavy atom. The van der Waals surface area contributed by atoms with Gasteiger partial charge in [0.25, 0.3) is 0 Å². The van der Waals surface area contributed by atoms with Gasteiger partial charge in [0.05, 0.1) is 19.2 Å². The topological polar surface area (TPSA) is 111 Å². The van der Waals surface area contributed by atoms with Crippen LogP contribution in [0.1, 0.15) is 96.2 Å². The normalized spacial score (nSPS) is 17.2. The largest absolute Gasteiger partial charge is 0.460 e. The molecule has 1 aliphatic rings. The molecule has 29 heavy (non-hydrogen) atoms. The van der Waals surface area contributed by atoms with Crippen LogP contribution >= 0.6 is 0 Å². The maximum Gasteiger partial charge on any atom is 0.307 e. The number of esters is 1. The third-order valence-electron chi connectivity index (χ3n) is 5.05. The number of hydrogen-bond acceptors (Lipinski definition) is 7. The van der Waals surface area contributed by atoms with Crippen molar-refractivity contribution in [1.29, 1.82) is 0 Å². The second-order valence-corrected chi connectivity index (χ2v) is 10.9. The van der Waals surface area contributed by atoms with E-state index in [1.807, 2.05) is 20.8 Å². The smallest absolute Gasteiger partial charge is 0.307 e. The molecule has 8 nitrogen and oxygen atoms in total. The van der Waals surface area contributed by atoms with Crippen LogP contribution < -0.4 is 4.72 Å². The molecule has 1 aromatic heterocycles. The van der Waals surface area contributed by atoms with Gasteiger partial charge in [0.2, 0.25) is 15.9 Å². The molecule has 1 heterocycles. The summed E-state index contributed by atoms with van der Waals surface area (Å²) in [7, 11) is -3.35. The van der Waals surface area contributed by atoms with Gasteiger partial charge in [-0.1, -0.05) is 50.1 Å². The van der Waals surface area contributed by atoms with Gasteiger partial charge >= 0.3 is 5.97 Å². The monoisotopic (exact) mass is 429 g/mol. The summed E-state index contributed by atoms with van der Waals surface area (Å²) in [6, 6.07) is 0. The van der Waals surface area contributed by atoms with Gasteiger partial charge in [0, 0.05) is 5.92 Å². The van der Waals surface area contributed by atoms with E-state index in [1.165, 1.54) is 32.1 Å².